The summed E-state index contributed by atoms with van der Waals surface area (Å²) in [6.07, 6.45) is -4.01. The third-order valence-electron chi connectivity index (χ3n) is 4.67. The first-order valence-electron chi connectivity index (χ1n) is 9.51. The van der Waals surface area contributed by atoms with Gasteiger partial charge in [-0.2, -0.15) is 13.2 Å². The highest BCUT2D eigenvalue weighted by molar-refractivity contribution is 6.39. The van der Waals surface area contributed by atoms with E-state index in [2.05, 4.69) is 15.5 Å². The van der Waals surface area contributed by atoms with E-state index in [0.717, 1.165) is 42.5 Å². The molecule has 1 aliphatic heterocycles. The van der Waals surface area contributed by atoms with E-state index in [4.69, 9.17) is 4.74 Å². The maximum atomic E-state index is 12.7. The van der Waals surface area contributed by atoms with Gasteiger partial charge in [-0.05, 0) is 42.3 Å². The Kier molecular flexibility index (Phi) is 6.94. The van der Waals surface area contributed by atoms with Crippen LogP contribution in [0.2, 0.25) is 0 Å². The van der Waals surface area contributed by atoms with E-state index >= 15 is 0 Å². The van der Waals surface area contributed by atoms with Crippen molar-refractivity contribution in [2.75, 3.05) is 43.1 Å². The molecule has 1 heterocycles. The highest BCUT2D eigenvalue weighted by Gasteiger charge is 2.30. The molecule has 0 aromatic heterocycles. The van der Waals surface area contributed by atoms with Gasteiger partial charge in [0.1, 0.15) is 0 Å². The summed E-state index contributed by atoms with van der Waals surface area (Å²) < 4.78 is 43.5. The maximum absolute atomic E-state index is 12.7. The quantitative estimate of drug-likeness (QED) is 0.729. The molecule has 0 bridgehead atoms. The molecule has 0 saturated carbocycles. The van der Waals surface area contributed by atoms with Crippen molar-refractivity contribution in [3.05, 3.63) is 59.7 Å². The fourth-order valence-electron chi connectivity index (χ4n) is 3.06. The molecule has 2 amide bonds. The monoisotopic (exact) mass is 421 g/mol. The summed E-state index contributed by atoms with van der Waals surface area (Å²) in [5, 5.41) is 4.65. The second-order valence-corrected chi connectivity index (χ2v) is 6.80. The van der Waals surface area contributed by atoms with Crippen molar-refractivity contribution in [3.63, 3.8) is 0 Å². The van der Waals surface area contributed by atoms with Crippen LogP contribution in [0.5, 0.6) is 0 Å². The second kappa shape index (κ2) is 9.62. The minimum Gasteiger partial charge on any atom is -0.378 e. The zero-order valence-electron chi connectivity index (χ0n) is 16.2. The van der Waals surface area contributed by atoms with Crippen LogP contribution in [0.1, 0.15) is 11.1 Å². The molecular formula is C21H22F3N3O3. The third kappa shape index (κ3) is 5.96. The third-order valence-corrected chi connectivity index (χ3v) is 4.67. The number of alkyl halides is 3. The number of morpholine rings is 1. The van der Waals surface area contributed by atoms with Crippen molar-refractivity contribution in [1.82, 2.24) is 5.32 Å². The molecule has 160 valence electrons. The number of benzene rings is 2. The molecule has 30 heavy (non-hydrogen) atoms. The maximum Gasteiger partial charge on any atom is 0.416 e. The number of rotatable bonds is 5. The highest BCUT2D eigenvalue weighted by atomic mass is 19.4. The van der Waals surface area contributed by atoms with E-state index in [9.17, 15) is 22.8 Å². The standard InChI is InChI=1S/C21H22F3N3O3/c22-21(23,24)16-2-1-3-17(14-16)26-20(29)19(28)25-9-8-15-4-6-18(7-5-15)27-10-12-30-13-11-27/h1-7,14H,8-13H2,(H,25,28)(H,26,29). The lowest BCUT2D eigenvalue weighted by molar-refractivity contribution is -0.137. The first-order valence-corrected chi connectivity index (χ1v) is 9.51. The topological polar surface area (TPSA) is 70.7 Å². The van der Waals surface area contributed by atoms with Crippen molar-refractivity contribution < 1.29 is 27.5 Å². The molecule has 0 aliphatic carbocycles. The number of carbonyl (C=O) groups is 2. The molecule has 1 saturated heterocycles. The molecule has 0 atom stereocenters. The van der Waals surface area contributed by atoms with E-state index in [-0.39, 0.29) is 12.2 Å². The van der Waals surface area contributed by atoms with Gasteiger partial charge in [0, 0.05) is 31.0 Å². The Morgan fingerprint density at radius 2 is 1.70 bits per heavy atom. The molecule has 1 fully saturated rings. The Balaban J connectivity index is 1.45. The molecule has 9 heteroatoms. The molecule has 6 nitrogen and oxygen atoms in total. The first kappa shape index (κ1) is 21.6. The van der Waals surface area contributed by atoms with Crippen LogP contribution in [0, 0.1) is 0 Å². The van der Waals surface area contributed by atoms with Crippen LogP contribution in [0.15, 0.2) is 48.5 Å². The number of hydrogen-bond acceptors (Lipinski definition) is 4. The van der Waals surface area contributed by atoms with Gasteiger partial charge in [0.15, 0.2) is 0 Å². The summed E-state index contributed by atoms with van der Waals surface area (Å²) in [7, 11) is 0. The van der Waals surface area contributed by atoms with Gasteiger partial charge in [-0.15, -0.1) is 0 Å². The molecule has 1 aliphatic rings. The highest BCUT2D eigenvalue weighted by Crippen LogP contribution is 2.30. The number of amides is 2. The lowest BCUT2D eigenvalue weighted by Gasteiger charge is -2.28. The van der Waals surface area contributed by atoms with Crippen molar-refractivity contribution in [2.24, 2.45) is 0 Å². The van der Waals surface area contributed by atoms with E-state index in [0.29, 0.717) is 19.6 Å². The van der Waals surface area contributed by atoms with Gasteiger partial charge in [0.05, 0.1) is 18.8 Å². The van der Waals surface area contributed by atoms with Crippen molar-refractivity contribution in [3.8, 4) is 0 Å². The first-order chi connectivity index (χ1) is 14.3. The van der Waals surface area contributed by atoms with E-state index in [1.807, 2.05) is 24.3 Å². The fourth-order valence-corrected chi connectivity index (χ4v) is 3.06. The summed E-state index contributed by atoms with van der Waals surface area (Å²) in [5.41, 5.74) is 1.10. The largest absolute Gasteiger partial charge is 0.416 e. The summed E-state index contributed by atoms with van der Waals surface area (Å²) in [4.78, 5) is 26.1. The predicted molar refractivity (Wildman–Crippen MR) is 106 cm³/mol. The Bertz CT molecular complexity index is 879. The minimum atomic E-state index is -4.53. The SMILES string of the molecule is O=C(NCCc1ccc(N2CCOCC2)cc1)C(=O)Nc1cccc(C(F)(F)F)c1. The smallest absolute Gasteiger partial charge is 0.378 e. The van der Waals surface area contributed by atoms with Gasteiger partial charge < -0.3 is 20.3 Å². The second-order valence-electron chi connectivity index (χ2n) is 6.80. The Labute approximate surface area is 172 Å². The average molecular weight is 421 g/mol. The van der Waals surface area contributed by atoms with Gasteiger partial charge in [0.25, 0.3) is 0 Å². The fraction of sp³-hybridized carbons (Fsp3) is 0.333. The van der Waals surface area contributed by atoms with Crippen LogP contribution < -0.4 is 15.5 Å². The number of ether oxygens (including phenoxy) is 1. The average Bonchev–Trinajstić information content (AvgIpc) is 2.74. The zero-order chi connectivity index (χ0) is 21.6. The van der Waals surface area contributed by atoms with Crippen LogP contribution in [0.3, 0.4) is 0 Å². The lowest BCUT2D eigenvalue weighted by atomic mass is 10.1. The van der Waals surface area contributed by atoms with Crippen LogP contribution in [0.4, 0.5) is 24.5 Å². The molecule has 2 N–H and O–H groups in total. The van der Waals surface area contributed by atoms with Crippen molar-refractivity contribution >= 4 is 23.2 Å². The van der Waals surface area contributed by atoms with Gasteiger partial charge in [-0.25, -0.2) is 0 Å². The zero-order valence-corrected chi connectivity index (χ0v) is 16.2. The molecule has 0 radical (unpaired) electrons. The van der Waals surface area contributed by atoms with Gasteiger partial charge in [-0.1, -0.05) is 18.2 Å². The summed E-state index contributed by atoms with van der Waals surface area (Å²) in [6, 6.07) is 12.0. The van der Waals surface area contributed by atoms with Gasteiger partial charge in [-0.3, -0.25) is 9.59 Å². The predicted octanol–water partition coefficient (Wildman–Crippen LogP) is 2.84. The number of hydrogen-bond donors (Lipinski definition) is 2. The molecular weight excluding hydrogens is 399 g/mol. The van der Waals surface area contributed by atoms with Crippen LogP contribution in [-0.4, -0.2) is 44.7 Å². The Hall–Kier alpha value is -3.07. The van der Waals surface area contributed by atoms with Crippen LogP contribution in [0.25, 0.3) is 0 Å². The summed E-state index contributed by atoms with van der Waals surface area (Å²) in [6.45, 7) is 3.32. The van der Waals surface area contributed by atoms with E-state index in [1.165, 1.54) is 6.07 Å². The van der Waals surface area contributed by atoms with Crippen molar-refractivity contribution in [2.45, 2.75) is 12.6 Å². The molecule has 3 rings (SSSR count). The summed E-state index contributed by atoms with van der Waals surface area (Å²) in [5.74, 6) is -1.92. The molecule has 0 unspecified atom stereocenters. The Morgan fingerprint density at radius 1 is 1.00 bits per heavy atom. The number of halogens is 3. The normalized spacial score (nSPS) is 14.3. The van der Waals surface area contributed by atoms with Crippen molar-refractivity contribution in [1.29, 1.82) is 0 Å². The summed E-state index contributed by atoms with van der Waals surface area (Å²) >= 11 is 0. The number of nitrogens with one attached hydrogen (secondary N) is 2. The van der Waals surface area contributed by atoms with Gasteiger partial charge in [0.2, 0.25) is 0 Å². The van der Waals surface area contributed by atoms with Crippen LogP contribution >= 0.6 is 0 Å². The number of nitrogens with zero attached hydrogens (tertiary/aromatic N) is 1. The lowest BCUT2D eigenvalue weighted by Crippen LogP contribution is -2.36. The minimum absolute atomic E-state index is 0.0938. The molecule has 2 aromatic rings. The molecule has 0 spiro atoms. The van der Waals surface area contributed by atoms with E-state index in [1.54, 1.807) is 0 Å². The number of anilines is 2. The number of carbonyl (C=O) groups excluding carboxylic acids is 2. The van der Waals surface area contributed by atoms with E-state index < -0.39 is 23.6 Å². The molecule has 2 aromatic carbocycles. The Morgan fingerprint density at radius 3 is 2.37 bits per heavy atom. The van der Waals surface area contributed by atoms with Gasteiger partial charge >= 0.3 is 18.0 Å². The van der Waals surface area contributed by atoms with Crippen LogP contribution in [-0.2, 0) is 26.9 Å².